The summed E-state index contributed by atoms with van der Waals surface area (Å²) in [6, 6.07) is 14.7. The molecule has 1 saturated carbocycles. The van der Waals surface area contributed by atoms with E-state index in [0.29, 0.717) is 17.3 Å². The predicted octanol–water partition coefficient (Wildman–Crippen LogP) is 6.07. The molecule has 0 radical (unpaired) electrons. The van der Waals surface area contributed by atoms with Crippen LogP contribution in [0.3, 0.4) is 0 Å². The molecule has 0 atom stereocenters. The molecule has 3 N–H and O–H groups in total. The van der Waals surface area contributed by atoms with Crippen LogP contribution in [0.1, 0.15) is 66.8 Å². The first-order valence-corrected chi connectivity index (χ1v) is 13.1. The maximum atomic E-state index is 13.6. The Hall–Kier alpha value is -3.66. The van der Waals surface area contributed by atoms with Crippen LogP contribution in [-0.4, -0.2) is 33.3 Å². The van der Waals surface area contributed by atoms with E-state index >= 15 is 0 Å². The Labute approximate surface area is 225 Å². The maximum absolute atomic E-state index is 13.6. The monoisotopic (exact) mass is 542 g/mol. The SMILES string of the molecule is Cc1ccccc1-n1cc(CNCCC(=O)Nc2ccc(C3CCC(CC(=O)O)CC3)cc2)c(C(F)(F)F)n1. The molecule has 1 aliphatic rings. The number of nitrogens with zero attached hydrogens (tertiary/aromatic N) is 2. The molecule has 4 rings (SSSR count). The molecule has 3 aromatic rings. The van der Waals surface area contributed by atoms with Gasteiger partial charge in [0.05, 0.1) is 5.69 Å². The van der Waals surface area contributed by atoms with Gasteiger partial charge in [-0.05, 0) is 73.8 Å². The molecule has 0 saturated heterocycles. The van der Waals surface area contributed by atoms with Gasteiger partial charge in [0.2, 0.25) is 5.91 Å². The van der Waals surface area contributed by atoms with Gasteiger partial charge in [0.15, 0.2) is 5.69 Å². The minimum absolute atomic E-state index is 0.0127. The molecule has 7 nitrogen and oxygen atoms in total. The Morgan fingerprint density at radius 2 is 1.74 bits per heavy atom. The van der Waals surface area contributed by atoms with Crippen LogP contribution in [0.2, 0.25) is 0 Å². The number of rotatable bonds is 10. The molecule has 1 fully saturated rings. The number of para-hydroxylation sites is 1. The largest absolute Gasteiger partial charge is 0.481 e. The average molecular weight is 543 g/mol. The number of alkyl halides is 3. The van der Waals surface area contributed by atoms with Crippen molar-refractivity contribution in [3.63, 3.8) is 0 Å². The van der Waals surface area contributed by atoms with Gasteiger partial charge < -0.3 is 15.7 Å². The number of nitrogens with one attached hydrogen (secondary N) is 2. The summed E-state index contributed by atoms with van der Waals surface area (Å²) in [6.07, 6.45) is 0.823. The molecule has 0 unspecified atom stereocenters. The summed E-state index contributed by atoms with van der Waals surface area (Å²) >= 11 is 0. The van der Waals surface area contributed by atoms with Gasteiger partial charge in [-0.3, -0.25) is 9.59 Å². The van der Waals surface area contributed by atoms with Crippen molar-refractivity contribution in [2.45, 2.75) is 64.1 Å². The van der Waals surface area contributed by atoms with Crippen molar-refractivity contribution in [1.29, 1.82) is 0 Å². The van der Waals surface area contributed by atoms with E-state index in [2.05, 4.69) is 15.7 Å². The fourth-order valence-corrected chi connectivity index (χ4v) is 5.16. The molecule has 0 bridgehead atoms. The quantitative estimate of drug-likeness (QED) is 0.271. The molecular weight excluding hydrogens is 509 g/mol. The van der Waals surface area contributed by atoms with Crippen molar-refractivity contribution in [1.82, 2.24) is 15.1 Å². The van der Waals surface area contributed by atoms with Crippen LogP contribution in [0.5, 0.6) is 0 Å². The van der Waals surface area contributed by atoms with E-state index in [9.17, 15) is 22.8 Å². The summed E-state index contributed by atoms with van der Waals surface area (Å²) < 4.78 is 42.0. The van der Waals surface area contributed by atoms with E-state index in [4.69, 9.17) is 5.11 Å². The molecule has 1 aliphatic carbocycles. The van der Waals surface area contributed by atoms with E-state index in [-0.39, 0.29) is 43.3 Å². The highest BCUT2D eigenvalue weighted by Gasteiger charge is 2.37. The number of halogens is 3. The third kappa shape index (κ3) is 7.69. The van der Waals surface area contributed by atoms with Crippen molar-refractivity contribution in [2.75, 3.05) is 11.9 Å². The minimum atomic E-state index is -4.59. The van der Waals surface area contributed by atoms with E-state index in [1.165, 1.54) is 16.4 Å². The van der Waals surface area contributed by atoms with Crippen LogP contribution < -0.4 is 10.6 Å². The lowest BCUT2D eigenvalue weighted by atomic mass is 9.77. The van der Waals surface area contributed by atoms with Crippen molar-refractivity contribution in [2.24, 2.45) is 5.92 Å². The number of aliphatic carboxylic acids is 1. The highest BCUT2D eigenvalue weighted by molar-refractivity contribution is 5.90. The fourth-order valence-electron chi connectivity index (χ4n) is 5.16. The summed E-state index contributed by atoms with van der Waals surface area (Å²) in [5.41, 5.74) is 2.28. The molecular formula is C29H33F3N4O3. The van der Waals surface area contributed by atoms with E-state index in [1.807, 2.05) is 43.3 Å². The van der Waals surface area contributed by atoms with Crippen LogP contribution in [0.4, 0.5) is 18.9 Å². The predicted molar refractivity (Wildman–Crippen MR) is 142 cm³/mol. The van der Waals surface area contributed by atoms with Crippen molar-refractivity contribution in [3.8, 4) is 5.69 Å². The Morgan fingerprint density at radius 3 is 2.38 bits per heavy atom. The number of hydrogen-bond acceptors (Lipinski definition) is 4. The normalized spacial score (nSPS) is 17.6. The number of aryl methyl sites for hydroxylation is 1. The number of carboxylic acids is 1. The van der Waals surface area contributed by atoms with E-state index in [1.54, 1.807) is 12.1 Å². The molecule has 2 aromatic carbocycles. The van der Waals surface area contributed by atoms with Gasteiger partial charge in [-0.25, -0.2) is 4.68 Å². The number of carboxylic acid groups (broad SMARTS) is 1. The first-order valence-electron chi connectivity index (χ1n) is 13.1. The second kappa shape index (κ2) is 12.5. The fraction of sp³-hybridized carbons (Fsp3) is 0.414. The topological polar surface area (TPSA) is 96.2 Å². The third-order valence-electron chi connectivity index (χ3n) is 7.24. The maximum Gasteiger partial charge on any atom is 0.435 e. The number of carbonyl (C=O) groups is 2. The van der Waals surface area contributed by atoms with Gasteiger partial charge >= 0.3 is 12.1 Å². The lowest BCUT2D eigenvalue weighted by molar-refractivity contribution is -0.142. The van der Waals surface area contributed by atoms with Gasteiger partial charge in [0.1, 0.15) is 0 Å². The molecule has 39 heavy (non-hydrogen) atoms. The zero-order valence-electron chi connectivity index (χ0n) is 21.8. The zero-order chi connectivity index (χ0) is 28.0. The molecule has 0 aliphatic heterocycles. The highest BCUT2D eigenvalue weighted by atomic mass is 19.4. The first-order chi connectivity index (χ1) is 18.6. The first kappa shape index (κ1) is 28.4. The van der Waals surface area contributed by atoms with Crippen LogP contribution in [0, 0.1) is 12.8 Å². The zero-order valence-corrected chi connectivity index (χ0v) is 21.8. The van der Waals surface area contributed by atoms with Crippen molar-refractivity contribution in [3.05, 3.63) is 77.1 Å². The van der Waals surface area contributed by atoms with Crippen molar-refractivity contribution < 1.29 is 27.9 Å². The molecule has 10 heteroatoms. The number of benzene rings is 2. The van der Waals surface area contributed by atoms with Gasteiger partial charge in [-0.1, -0.05) is 30.3 Å². The summed E-state index contributed by atoms with van der Waals surface area (Å²) in [5, 5.41) is 18.5. The molecule has 1 aromatic heterocycles. The third-order valence-corrected chi connectivity index (χ3v) is 7.24. The van der Waals surface area contributed by atoms with Crippen LogP contribution in [0.25, 0.3) is 5.69 Å². The van der Waals surface area contributed by atoms with E-state index in [0.717, 1.165) is 31.2 Å². The van der Waals surface area contributed by atoms with Crippen LogP contribution >= 0.6 is 0 Å². The number of anilines is 1. The average Bonchev–Trinajstić information content (AvgIpc) is 3.32. The smallest absolute Gasteiger partial charge is 0.435 e. The Bertz CT molecular complexity index is 1280. The number of hydrogen-bond donors (Lipinski definition) is 3. The number of carbonyl (C=O) groups excluding carboxylic acids is 1. The molecule has 1 amide bonds. The summed E-state index contributed by atoms with van der Waals surface area (Å²) in [6.45, 7) is 1.94. The second-order valence-electron chi connectivity index (χ2n) is 10.1. The minimum Gasteiger partial charge on any atom is -0.481 e. The summed E-state index contributed by atoms with van der Waals surface area (Å²) in [5.74, 6) is -0.346. The van der Waals surface area contributed by atoms with Gasteiger partial charge in [0.25, 0.3) is 0 Å². The second-order valence-corrected chi connectivity index (χ2v) is 10.1. The van der Waals surface area contributed by atoms with Crippen LogP contribution in [0.15, 0.2) is 54.7 Å². The van der Waals surface area contributed by atoms with Crippen LogP contribution in [-0.2, 0) is 22.3 Å². The van der Waals surface area contributed by atoms with E-state index < -0.39 is 17.8 Å². The molecule has 208 valence electrons. The highest BCUT2D eigenvalue weighted by Crippen LogP contribution is 2.37. The lowest BCUT2D eigenvalue weighted by Gasteiger charge is -2.28. The Kier molecular flexibility index (Phi) is 9.06. The van der Waals surface area contributed by atoms with Crippen molar-refractivity contribution >= 4 is 17.6 Å². The van der Waals surface area contributed by atoms with Gasteiger partial charge in [-0.15, -0.1) is 0 Å². The summed E-state index contributed by atoms with van der Waals surface area (Å²) in [7, 11) is 0. The number of aromatic nitrogens is 2. The van der Waals surface area contributed by atoms with Gasteiger partial charge in [-0.2, -0.15) is 18.3 Å². The molecule has 1 heterocycles. The number of amides is 1. The standard InChI is InChI=1S/C29H33F3N4O3/c1-19-4-2-3-5-25(19)36-18-23(28(35-36)29(30,31)32)17-33-15-14-26(37)34-24-12-10-22(11-13-24)21-8-6-20(7-9-21)16-27(38)39/h2-5,10-13,18,20-21,33H,6-9,14-17H2,1H3,(H,34,37)(H,38,39). The molecule has 0 spiro atoms. The lowest BCUT2D eigenvalue weighted by Crippen LogP contribution is -2.22. The Morgan fingerprint density at radius 1 is 1.05 bits per heavy atom. The summed E-state index contributed by atoms with van der Waals surface area (Å²) in [4.78, 5) is 23.3. The Balaban J connectivity index is 1.25. The van der Waals surface area contributed by atoms with Gasteiger partial charge in [0, 0.05) is 43.4 Å².